The van der Waals surface area contributed by atoms with Crippen LogP contribution in [0.4, 0.5) is 5.82 Å². The van der Waals surface area contributed by atoms with Gasteiger partial charge in [0.15, 0.2) is 0 Å². The van der Waals surface area contributed by atoms with Crippen molar-refractivity contribution in [2.75, 3.05) is 31.5 Å². The number of anilines is 1. The molecular weight excluding hydrogens is 228 g/mol. The van der Waals surface area contributed by atoms with E-state index >= 15 is 0 Å². The van der Waals surface area contributed by atoms with E-state index in [1.807, 2.05) is 0 Å². The van der Waals surface area contributed by atoms with Crippen LogP contribution in [0.25, 0.3) is 0 Å². The molecule has 3 rings (SSSR count). The van der Waals surface area contributed by atoms with E-state index in [9.17, 15) is 4.79 Å². The first kappa shape index (κ1) is 11.7. The molecule has 0 atom stereocenters. The predicted octanol–water partition coefficient (Wildman–Crippen LogP) is 1.06. The summed E-state index contributed by atoms with van der Waals surface area (Å²) < 4.78 is 0. The molecule has 18 heavy (non-hydrogen) atoms. The monoisotopic (exact) mass is 248 g/mol. The third kappa shape index (κ3) is 2.72. The van der Waals surface area contributed by atoms with Crippen molar-refractivity contribution in [3.8, 4) is 0 Å². The van der Waals surface area contributed by atoms with Gasteiger partial charge in [-0.1, -0.05) is 0 Å². The van der Waals surface area contributed by atoms with E-state index in [0.29, 0.717) is 11.2 Å². The zero-order valence-electron chi connectivity index (χ0n) is 10.6. The summed E-state index contributed by atoms with van der Waals surface area (Å²) in [4.78, 5) is 20.4. The summed E-state index contributed by atoms with van der Waals surface area (Å²) in [7, 11) is 0. The Morgan fingerprint density at radius 2 is 2.17 bits per heavy atom. The second kappa shape index (κ2) is 4.72. The minimum Gasteiger partial charge on any atom is -0.369 e. The zero-order chi connectivity index (χ0) is 12.4. The lowest BCUT2D eigenvalue weighted by Gasteiger charge is -2.23. The summed E-state index contributed by atoms with van der Waals surface area (Å²) in [5.41, 5.74) is 0.325. The molecule has 2 N–H and O–H groups in total. The Morgan fingerprint density at radius 3 is 2.83 bits per heavy atom. The first-order valence-electron chi connectivity index (χ1n) is 6.77. The SMILES string of the molecule is O=c1cc(NCC2(CN3CCCC3)CC2)nc[nH]1. The Bertz CT molecular complexity index is 460. The Balaban J connectivity index is 1.54. The second-order valence-corrected chi connectivity index (χ2v) is 5.63. The van der Waals surface area contributed by atoms with E-state index < -0.39 is 0 Å². The van der Waals surface area contributed by atoms with Crippen LogP contribution in [-0.2, 0) is 0 Å². The van der Waals surface area contributed by atoms with E-state index in [4.69, 9.17) is 0 Å². The summed E-state index contributed by atoms with van der Waals surface area (Å²) in [6, 6.07) is 1.52. The van der Waals surface area contributed by atoms with Crippen LogP contribution in [0.1, 0.15) is 25.7 Å². The van der Waals surface area contributed by atoms with E-state index in [-0.39, 0.29) is 5.56 Å². The predicted molar refractivity (Wildman–Crippen MR) is 70.7 cm³/mol. The Labute approximate surface area is 107 Å². The van der Waals surface area contributed by atoms with Gasteiger partial charge in [0.2, 0.25) is 0 Å². The number of nitrogens with one attached hydrogen (secondary N) is 2. The molecule has 0 radical (unpaired) electrons. The van der Waals surface area contributed by atoms with E-state index in [0.717, 1.165) is 6.54 Å². The minimum atomic E-state index is -0.100. The first-order valence-corrected chi connectivity index (χ1v) is 6.77. The van der Waals surface area contributed by atoms with Crippen LogP contribution in [0.5, 0.6) is 0 Å². The van der Waals surface area contributed by atoms with Crippen molar-refractivity contribution in [3.63, 3.8) is 0 Å². The van der Waals surface area contributed by atoms with Gasteiger partial charge in [-0.15, -0.1) is 0 Å². The van der Waals surface area contributed by atoms with Crippen molar-refractivity contribution >= 4 is 5.82 Å². The molecule has 1 aliphatic carbocycles. The molecule has 0 spiro atoms. The highest BCUT2D eigenvalue weighted by Gasteiger charge is 2.43. The molecule has 1 aromatic heterocycles. The van der Waals surface area contributed by atoms with Crippen LogP contribution in [0.3, 0.4) is 0 Å². The molecule has 5 nitrogen and oxygen atoms in total. The van der Waals surface area contributed by atoms with Crippen LogP contribution in [0.2, 0.25) is 0 Å². The maximum atomic E-state index is 11.2. The Morgan fingerprint density at radius 1 is 1.39 bits per heavy atom. The standard InChI is InChI=1S/C13H20N4O/c18-12-7-11(15-10-16-12)14-8-13(3-4-13)9-17-5-1-2-6-17/h7,10H,1-6,8-9H2,(H2,14,15,16,18). The third-order valence-corrected chi connectivity index (χ3v) is 4.04. The van der Waals surface area contributed by atoms with Gasteiger partial charge in [-0.25, -0.2) is 4.98 Å². The normalized spacial score (nSPS) is 22.0. The van der Waals surface area contributed by atoms with Gasteiger partial charge in [0.25, 0.3) is 5.56 Å². The number of rotatable bonds is 5. The molecule has 1 saturated carbocycles. The average molecular weight is 248 g/mol. The maximum absolute atomic E-state index is 11.2. The molecule has 2 fully saturated rings. The molecule has 5 heteroatoms. The molecule has 0 amide bonds. The van der Waals surface area contributed by atoms with Crippen LogP contribution in [0.15, 0.2) is 17.2 Å². The molecule has 0 unspecified atom stereocenters. The molecule has 0 aromatic carbocycles. The lowest BCUT2D eigenvalue weighted by molar-refractivity contribution is 0.271. The van der Waals surface area contributed by atoms with E-state index in [1.165, 1.54) is 57.7 Å². The van der Waals surface area contributed by atoms with Gasteiger partial charge in [0.1, 0.15) is 5.82 Å². The van der Waals surface area contributed by atoms with Gasteiger partial charge in [-0.2, -0.15) is 0 Å². The van der Waals surface area contributed by atoms with Crippen LogP contribution in [0, 0.1) is 5.41 Å². The number of hydrogen-bond donors (Lipinski definition) is 2. The molecule has 1 aliphatic heterocycles. The minimum absolute atomic E-state index is 0.100. The fourth-order valence-corrected chi connectivity index (χ4v) is 2.73. The van der Waals surface area contributed by atoms with E-state index in [2.05, 4.69) is 20.2 Å². The summed E-state index contributed by atoms with van der Waals surface area (Å²) in [5.74, 6) is 0.687. The number of H-pyrrole nitrogens is 1. The summed E-state index contributed by atoms with van der Waals surface area (Å²) >= 11 is 0. The van der Waals surface area contributed by atoms with Gasteiger partial charge in [0, 0.05) is 24.6 Å². The summed E-state index contributed by atoms with van der Waals surface area (Å²) in [6.45, 7) is 4.64. The number of aromatic nitrogens is 2. The fourth-order valence-electron chi connectivity index (χ4n) is 2.73. The summed E-state index contributed by atoms with van der Waals surface area (Å²) in [6.07, 6.45) is 6.72. The topological polar surface area (TPSA) is 61.0 Å². The van der Waals surface area contributed by atoms with Gasteiger partial charge in [0.05, 0.1) is 6.33 Å². The highest BCUT2D eigenvalue weighted by molar-refractivity contribution is 5.32. The highest BCUT2D eigenvalue weighted by Crippen LogP contribution is 2.46. The molecule has 0 bridgehead atoms. The van der Waals surface area contributed by atoms with Crippen molar-refractivity contribution in [1.82, 2.24) is 14.9 Å². The maximum Gasteiger partial charge on any atom is 0.252 e. The molecule has 1 aromatic rings. The number of aromatic amines is 1. The Kier molecular flexibility index (Phi) is 3.07. The van der Waals surface area contributed by atoms with Crippen molar-refractivity contribution in [3.05, 3.63) is 22.7 Å². The third-order valence-electron chi connectivity index (χ3n) is 4.04. The van der Waals surface area contributed by atoms with Crippen LogP contribution >= 0.6 is 0 Å². The number of likely N-dealkylation sites (tertiary alicyclic amines) is 1. The Hall–Kier alpha value is -1.36. The van der Waals surface area contributed by atoms with Crippen molar-refractivity contribution in [2.45, 2.75) is 25.7 Å². The van der Waals surface area contributed by atoms with Crippen LogP contribution < -0.4 is 10.9 Å². The van der Waals surface area contributed by atoms with Gasteiger partial charge >= 0.3 is 0 Å². The lowest BCUT2D eigenvalue weighted by Crippen LogP contribution is -2.32. The smallest absolute Gasteiger partial charge is 0.252 e. The van der Waals surface area contributed by atoms with E-state index in [1.54, 1.807) is 0 Å². The van der Waals surface area contributed by atoms with Crippen LogP contribution in [-0.4, -0.2) is 41.0 Å². The quantitative estimate of drug-likeness (QED) is 0.818. The fraction of sp³-hybridized carbons (Fsp3) is 0.692. The highest BCUT2D eigenvalue weighted by atomic mass is 16.1. The largest absolute Gasteiger partial charge is 0.369 e. The molecule has 1 saturated heterocycles. The molecule has 98 valence electrons. The average Bonchev–Trinajstić information content (AvgIpc) is 2.92. The molecular formula is C13H20N4O. The summed E-state index contributed by atoms with van der Waals surface area (Å²) in [5, 5.41) is 3.30. The number of nitrogens with zero attached hydrogens (tertiary/aromatic N) is 2. The molecule has 2 aliphatic rings. The van der Waals surface area contributed by atoms with Gasteiger partial charge < -0.3 is 15.2 Å². The molecule has 2 heterocycles. The van der Waals surface area contributed by atoms with Crippen molar-refractivity contribution in [1.29, 1.82) is 0 Å². The lowest BCUT2D eigenvalue weighted by atomic mass is 10.1. The number of hydrogen-bond acceptors (Lipinski definition) is 4. The van der Waals surface area contributed by atoms with Gasteiger partial charge in [-0.05, 0) is 38.8 Å². The zero-order valence-corrected chi connectivity index (χ0v) is 10.6. The van der Waals surface area contributed by atoms with Crippen molar-refractivity contribution < 1.29 is 0 Å². The van der Waals surface area contributed by atoms with Gasteiger partial charge in [-0.3, -0.25) is 4.79 Å². The first-order chi connectivity index (χ1) is 8.76. The second-order valence-electron chi connectivity index (χ2n) is 5.63. The van der Waals surface area contributed by atoms with Crippen molar-refractivity contribution in [2.24, 2.45) is 5.41 Å².